The van der Waals surface area contributed by atoms with Crippen molar-refractivity contribution in [1.29, 1.82) is 0 Å². The van der Waals surface area contributed by atoms with E-state index in [1.165, 1.54) is 31.4 Å². The third kappa shape index (κ3) is 8.06. The van der Waals surface area contributed by atoms with Crippen LogP contribution in [0.5, 0.6) is 11.5 Å². The number of nitrogens with zero attached hydrogens (tertiary/aromatic N) is 2. The Balaban J connectivity index is 1.97. The lowest BCUT2D eigenvalue weighted by molar-refractivity contribution is -0.121. The van der Waals surface area contributed by atoms with Crippen LogP contribution < -0.4 is 9.47 Å². The summed E-state index contributed by atoms with van der Waals surface area (Å²) >= 11 is 0. The van der Waals surface area contributed by atoms with Crippen LogP contribution in [-0.4, -0.2) is 30.4 Å². The highest BCUT2D eigenvalue weighted by molar-refractivity contribution is 6.09. The molecule has 2 aromatic rings. The number of aliphatic imine (C=N–C) groups is 1. The van der Waals surface area contributed by atoms with Crippen molar-refractivity contribution in [3.8, 4) is 11.5 Å². The molecule has 0 aliphatic carbocycles. The molecule has 0 N–H and O–H groups in total. The van der Waals surface area contributed by atoms with Gasteiger partial charge in [-0.1, -0.05) is 18.7 Å². The number of benzene rings is 1. The van der Waals surface area contributed by atoms with Crippen LogP contribution in [0.4, 0.5) is 0 Å². The van der Waals surface area contributed by atoms with Gasteiger partial charge in [0.25, 0.3) is 0 Å². The van der Waals surface area contributed by atoms with E-state index in [0.29, 0.717) is 29.4 Å². The van der Waals surface area contributed by atoms with Crippen LogP contribution in [0.3, 0.4) is 0 Å². The van der Waals surface area contributed by atoms with Crippen molar-refractivity contribution in [2.24, 2.45) is 4.99 Å². The van der Waals surface area contributed by atoms with Crippen molar-refractivity contribution < 1.29 is 19.1 Å². The number of hydrogen-bond acceptors (Lipinski definition) is 6. The molecule has 0 aliphatic heterocycles. The van der Waals surface area contributed by atoms with Crippen LogP contribution in [0.2, 0.25) is 0 Å². The van der Waals surface area contributed by atoms with Gasteiger partial charge in [-0.25, -0.2) is 0 Å². The zero-order valence-corrected chi connectivity index (χ0v) is 17.4. The minimum Gasteiger partial charge on any atom is -0.496 e. The van der Waals surface area contributed by atoms with Gasteiger partial charge in [-0.05, 0) is 61.4 Å². The number of ketones is 2. The number of pyridine rings is 1. The predicted octanol–water partition coefficient (Wildman–Crippen LogP) is 4.54. The van der Waals surface area contributed by atoms with Crippen molar-refractivity contribution in [2.75, 3.05) is 7.11 Å². The van der Waals surface area contributed by atoms with Crippen LogP contribution in [0.1, 0.15) is 17.7 Å². The first kappa shape index (κ1) is 23.2. The van der Waals surface area contributed by atoms with Crippen molar-refractivity contribution in [2.45, 2.75) is 13.0 Å². The molecule has 6 nitrogen and oxygen atoms in total. The fraction of sp³-hybridized carbons (Fsp3) is 0.120. The van der Waals surface area contributed by atoms with E-state index in [2.05, 4.69) is 23.3 Å². The summed E-state index contributed by atoms with van der Waals surface area (Å²) in [7, 11) is 1.54. The first-order valence-electron chi connectivity index (χ1n) is 9.47. The number of carbonyl (C=O) groups is 2. The normalized spacial score (nSPS) is 11.5. The summed E-state index contributed by atoms with van der Waals surface area (Å²) in [6.45, 7) is 7.29. The largest absolute Gasteiger partial charge is 0.496 e. The fourth-order valence-electron chi connectivity index (χ4n) is 2.49. The van der Waals surface area contributed by atoms with E-state index in [0.717, 1.165) is 5.69 Å². The number of rotatable bonds is 12. The maximum atomic E-state index is 12.1. The summed E-state index contributed by atoms with van der Waals surface area (Å²) in [5.74, 6) is 0.502. The third-order valence-corrected chi connectivity index (χ3v) is 4.03. The average molecular weight is 416 g/mol. The van der Waals surface area contributed by atoms with E-state index < -0.39 is 0 Å². The molecule has 1 heterocycles. The number of aromatic nitrogens is 1. The monoisotopic (exact) mass is 416 g/mol. The van der Waals surface area contributed by atoms with E-state index in [-0.39, 0.29) is 18.0 Å². The first-order valence-corrected chi connectivity index (χ1v) is 9.47. The molecule has 0 amide bonds. The van der Waals surface area contributed by atoms with Crippen LogP contribution in [-0.2, 0) is 16.2 Å². The summed E-state index contributed by atoms with van der Waals surface area (Å²) in [4.78, 5) is 32.0. The van der Waals surface area contributed by atoms with Gasteiger partial charge >= 0.3 is 0 Å². The molecule has 0 unspecified atom stereocenters. The maximum Gasteiger partial charge on any atom is 0.163 e. The smallest absolute Gasteiger partial charge is 0.163 e. The number of ether oxygens (including phenoxy) is 2. The molecule has 0 spiro atoms. The van der Waals surface area contributed by atoms with Crippen LogP contribution in [0.25, 0.3) is 6.08 Å². The molecule has 1 aromatic heterocycles. The SMILES string of the molecule is C=C/C=C(/C=C/C(=O)CC(=O)/C=C/c1ccc(OCc2ccccn2)cc1OC)N=C. The quantitative estimate of drug-likeness (QED) is 0.220. The Hall–Kier alpha value is -4.06. The van der Waals surface area contributed by atoms with Gasteiger partial charge in [-0.2, -0.15) is 0 Å². The second kappa shape index (κ2) is 12.5. The number of carbonyl (C=O) groups excluding carboxylic acids is 2. The lowest BCUT2D eigenvalue weighted by atomic mass is 10.1. The highest BCUT2D eigenvalue weighted by Gasteiger charge is 2.07. The predicted molar refractivity (Wildman–Crippen MR) is 122 cm³/mol. The van der Waals surface area contributed by atoms with Gasteiger partial charge in [-0.3, -0.25) is 19.6 Å². The van der Waals surface area contributed by atoms with Crippen LogP contribution >= 0.6 is 0 Å². The van der Waals surface area contributed by atoms with Gasteiger partial charge in [0.1, 0.15) is 18.1 Å². The third-order valence-electron chi connectivity index (χ3n) is 4.03. The Labute approximate surface area is 182 Å². The molecule has 2 rings (SSSR count). The van der Waals surface area contributed by atoms with E-state index in [9.17, 15) is 9.59 Å². The average Bonchev–Trinajstić information content (AvgIpc) is 2.79. The summed E-state index contributed by atoms with van der Waals surface area (Å²) in [6, 6.07) is 10.9. The number of allylic oxidation sites excluding steroid dienone is 5. The summed E-state index contributed by atoms with van der Waals surface area (Å²) in [5, 5.41) is 0. The molecule has 0 aliphatic rings. The van der Waals surface area contributed by atoms with E-state index in [1.54, 1.807) is 36.5 Å². The topological polar surface area (TPSA) is 77.9 Å². The van der Waals surface area contributed by atoms with E-state index >= 15 is 0 Å². The molecule has 1 aromatic carbocycles. The Morgan fingerprint density at radius 1 is 1.13 bits per heavy atom. The molecule has 0 fully saturated rings. The Morgan fingerprint density at radius 2 is 1.94 bits per heavy atom. The molecule has 0 atom stereocenters. The first-order chi connectivity index (χ1) is 15.0. The fourth-order valence-corrected chi connectivity index (χ4v) is 2.49. The molecule has 0 saturated heterocycles. The Morgan fingerprint density at radius 3 is 2.61 bits per heavy atom. The lowest BCUT2D eigenvalue weighted by Crippen LogP contribution is -2.02. The second-order valence-electron chi connectivity index (χ2n) is 6.27. The van der Waals surface area contributed by atoms with E-state index in [1.807, 2.05) is 18.2 Å². The summed E-state index contributed by atoms with van der Waals surface area (Å²) in [5.41, 5.74) is 1.99. The lowest BCUT2D eigenvalue weighted by Gasteiger charge is -2.09. The molecule has 0 bridgehead atoms. The van der Waals surface area contributed by atoms with Gasteiger partial charge in [0.05, 0.1) is 24.9 Å². The highest BCUT2D eigenvalue weighted by Crippen LogP contribution is 2.26. The summed E-state index contributed by atoms with van der Waals surface area (Å²) < 4.78 is 11.1. The van der Waals surface area contributed by atoms with Crippen molar-refractivity contribution >= 4 is 24.4 Å². The Kier molecular flexibility index (Phi) is 9.36. The minimum absolute atomic E-state index is 0.251. The van der Waals surface area contributed by atoms with Gasteiger partial charge in [0.2, 0.25) is 0 Å². The van der Waals surface area contributed by atoms with Crippen molar-refractivity contribution in [3.63, 3.8) is 0 Å². The zero-order valence-electron chi connectivity index (χ0n) is 17.4. The molecule has 31 heavy (non-hydrogen) atoms. The van der Waals surface area contributed by atoms with Crippen molar-refractivity contribution in [1.82, 2.24) is 4.98 Å². The van der Waals surface area contributed by atoms with Gasteiger partial charge in [0.15, 0.2) is 11.6 Å². The number of methoxy groups -OCH3 is 1. The number of hydrogen-bond donors (Lipinski definition) is 0. The van der Waals surface area contributed by atoms with Gasteiger partial charge in [-0.15, -0.1) is 0 Å². The maximum absolute atomic E-state index is 12.1. The minimum atomic E-state index is -0.335. The van der Waals surface area contributed by atoms with Crippen molar-refractivity contribution in [3.05, 3.63) is 96.5 Å². The molecular formula is C25H24N2O4. The standard InChI is InChI=1S/C25H24N2O4/c1-4-7-20(26-2)11-13-23(29)16-22(28)12-9-19-10-14-24(17-25(19)30-3)31-18-21-8-5-6-15-27-21/h4-15,17H,1-2,16,18H2,3H3/b12-9+,13-11+,20-7-. The molecule has 0 radical (unpaired) electrons. The molecule has 6 heteroatoms. The molecular weight excluding hydrogens is 392 g/mol. The molecule has 0 saturated carbocycles. The van der Waals surface area contributed by atoms with Gasteiger partial charge < -0.3 is 9.47 Å². The van der Waals surface area contributed by atoms with Crippen LogP contribution in [0.15, 0.2) is 90.2 Å². The van der Waals surface area contributed by atoms with Gasteiger partial charge in [0, 0.05) is 17.8 Å². The Bertz CT molecular complexity index is 1020. The second-order valence-corrected chi connectivity index (χ2v) is 6.27. The van der Waals surface area contributed by atoms with Crippen LogP contribution in [0, 0.1) is 0 Å². The summed E-state index contributed by atoms with van der Waals surface area (Å²) in [6.07, 6.45) is 10.3. The molecule has 158 valence electrons. The highest BCUT2D eigenvalue weighted by atomic mass is 16.5. The zero-order chi connectivity index (χ0) is 22.5. The van der Waals surface area contributed by atoms with E-state index in [4.69, 9.17) is 9.47 Å².